The monoisotopic (exact) mass is 348 g/mol. The molecule has 2 heterocycles. The molecular weight excluding hydrogens is 324 g/mol. The number of benzene rings is 1. The van der Waals surface area contributed by atoms with Crippen LogP contribution in [0.3, 0.4) is 0 Å². The zero-order chi connectivity index (χ0) is 16.9. The summed E-state index contributed by atoms with van der Waals surface area (Å²) in [5.74, 6) is 1.98. The Bertz CT molecular complexity index is 650. The van der Waals surface area contributed by atoms with Gasteiger partial charge in [0, 0.05) is 31.7 Å². The van der Waals surface area contributed by atoms with Crippen molar-refractivity contribution in [3.8, 4) is 11.4 Å². The molecule has 1 aromatic carbocycles. The van der Waals surface area contributed by atoms with E-state index in [-0.39, 0.29) is 0 Å². The van der Waals surface area contributed by atoms with Gasteiger partial charge in [-0.1, -0.05) is 42.7 Å². The van der Waals surface area contributed by atoms with Crippen molar-refractivity contribution in [2.45, 2.75) is 26.8 Å². The van der Waals surface area contributed by atoms with Gasteiger partial charge >= 0.3 is 0 Å². The van der Waals surface area contributed by atoms with Gasteiger partial charge < -0.3 is 9.42 Å². The maximum Gasteiger partial charge on any atom is 0.241 e. The lowest BCUT2D eigenvalue weighted by atomic mass is 10.1. The van der Waals surface area contributed by atoms with E-state index in [4.69, 9.17) is 16.1 Å². The van der Waals surface area contributed by atoms with Crippen LogP contribution in [0.1, 0.15) is 26.2 Å². The van der Waals surface area contributed by atoms with Crippen LogP contribution in [0.25, 0.3) is 11.4 Å². The van der Waals surface area contributed by atoms with E-state index in [2.05, 4.69) is 33.8 Å². The normalized spacial score (nSPS) is 16.8. The van der Waals surface area contributed by atoms with Crippen molar-refractivity contribution >= 4 is 11.6 Å². The predicted octanol–water partition coefficient (Wildman–Crippen LogP) is 3.55. The van der Waals surface area contributed by atoms with E-state index in [1.54, 1.807) is 0 Å². The van der Waals surface area contributed by atoms with Crippen molar-refractivity contribution in [1.82, 2.24) is 19.9 Å². The Hall–Kier alpha value is -1.43. The van der Waals surface area contributed by atoms with Crippen molar-refractivity contribution in [3.05, 3.63) is 35.2 Å². The Labute approximate surface area is 148 Å². The summed E-state index contributed by atoms with van der Waals surface area (Å²) in [7, 11) is 0. The average molecular weight is 349 g/mol. The summed E-state index contributed by atoms with van der Waals surface area (Å²) in [5.41, 5.74) is 0.813. The fourth-order valence-electron chi connectivity index (χ4n) is 2.87. The Morgan fingerprint density at radius 1 is 1.12 bits per heavy atom. The molecule has 0 aliphatic carbocycles. The molecule has 0 saturated carbocycles. The molecule has 0 radical (unpaired) electrons. The third kappa shape index (κ3) is 4.56. The predicted molar refractivity (Wildman–Crippen MR) is 95.9 cm³/mol. The first-order valence-corrected chi connectivity index (χ1v) is 9.02. The number of halogens is 1. The molecule has 1 aliphatic rings. The van der Waals surface area contributed by atoms with Gasteiger partial charge in [-0.15, -0.1) is 0 Å². The summed E-state index contributed by atoms with van der Waals surface area (Å²) in [6, 6.07) is 7.56. The first-order chi connectivity index (χ1) is 11.6. The molecule has 0 N–H and O–H groups in total. The van der Waals surface area contributed by atoms with Crippen LogP contribution in [-0.2, 0) is 6.54 Å². The van der Waals surface area contributed by atoms with Crippen LogP contribution in [0, 0.1) is 5.92 Å². The highest BCUT2D eigenvalue weighted by Gasteiger charge is 2.19. The maximum absolute atomic E-state index is 6.19. The van der Waals surface area contributed by atoms with Gasteiger partial charge in [0.1, 0.15) is 0 Å². The molecule has 0 bridgehead atoms. The number of rotatable bonds is 6. The quantitative estimate of drug-likeness (QED) is 0.798. The average Bonchev–Trinajstić information content (AvgIpc) is 3.03. The van der Waals surface area contributed by atoms with E-state index in [1.165, 1.54) is 13.0 Å². The Kier molecular flexibility index (Phi) is 5.87. The third-order valence-corrected chi connectivity index (χ3v) is 4.76. The number of nitrogens with zero attached hydrogens (tertiary/aromatic N) is 4. The fraction of sp³-hybridized carbons (Fsp3) is 0.556. The molecule has 1 aliphatic heterocycles. The van der Waals surface area contributed by atoms with E-state index in [0.29, 0.717) is 23.3 Å². The standard InChI is InChI=1S/C18H25ClN4O/c1-14(2)7-8-22-9-11-23(12-10-22)13-17-20-18(21-24-17)15-5-3-4-6-16(15)19/h3-6,14H,7-13H2,1-2H3. The second-order valence-electron chi connectivity index (χ2n) is 6.79. The molecule has 130 valence electrons. The Morgan fingerprint density at radius 2 is 1.83 bits per heavy atom. The SMILES string of the molecule is CC(C)CCN1CCN(Cc2nc(-c3ccccc3Cl)no2)CC1. The van der Waals surface area contributed by atoms with Gasteiger partial charge in [-0.3, -0.25) is 4.90 Å². The van der Waals surface area contributed by atoms with Gasteiger partial charge in [0.2, 0.25) is 11.7 Å². The van der Waals surface area contributed by atoms with Crippen LogP contribution in [0.5, 0.6) is 0 Å². The molecule has 0 amide bonds. The second-order valence-corrected chi connectivity index (χ2v) is 7.20. The van der Waals surface area contributed by atoms with Crippen LogP contribution < -0.4 is 0 Å². The van der Waals surface area contributed by atoms with E-state index in [0.717, 1.165) is 37.7 Å². The summed E-state index contributed by atoms with van der Waals surface area (Å²) in [5, 5.41) is 4.71. The van der Waals surface area contributed by atoms with Gasteiger partial charge in [0.05, 0.1) is 11.6 Å². The zero-order valence-corrected chi connectivity index (χ0v) is 15.2. The van der Waals surface area contributed by atoms with Crippen molar-refractivity contribution in [1.29, 1.82) is 0 Å². The van der Waals surface area contributed by atoms with Gasteiger partial charge in [-0.25, -0.2) is 0 Å². The molecule has 5 nitrogen and oxygen atoms in total. The van der Waals surface area contributed by atoms with Crippen LogP contribution >= 0.6 is 11.6 Å². The van der Waals surface area contributed by atoms with E-state index in [1.807, 2.05) is 24.3 Å². The smallest absolute Gasteiger partial charge is 0.241 e. The largest absolute Gasteiger partial charge is 0.338 e. The van der Waals surface area contributed by atoms with Gasteiger partial charge in [0.15, 0.2) is 0 Å². The highest BCUT2D eigenvalue weighted by Crippen LogP contribution is 2.25. The maximum atomic E-state index is 6.19. The number of piperazine rings is 1. The van der Waals surface area contributed by atoms with Crippen molar-refractivity contribution < 1.29 is 4.52 Å². The lowest BCUT2D eigenvalue weighted by Gasteiger charge is -2.34. The minimum absolute atomic E-state index is 0.561. The summed E-state index contributed by atoms with van der Waals surface area (Å²) < 4.78 is 5.41. The molecule has 24 heavy (non-hydrogen) atoms. The highest BCUT2D eigenvalue weighted by atomic mass is 35.5. The Morgan fingerprint density at radius 3 is 2.54 bits per heavy atom. The molecule has 0 spiro atoms. The van der Waals surface area contributed by atoms with E-state index >= 15 is 0 Å². The second kappa shape index (κ2) is 8.10. The molecule has 2 aromatic rings. The third-order valence-electron chi connectivity index (χ3n) is 4.43. The molecule has 0 atom stereocenters. The molecular formula is C18H25ClN4O. The van der Waals surface area contributed by atoms with E-state index < -0.39 is 0 Å². The zero-order valence-electron chi connectivity index (χ0n) is 14.4. The van der Waals surface area contributed by atoms with Crippen LogP contribution in [0.15, 0.2) is 28.8 Å². The first kappa shape index (κ1) is 17.4. The number of hydrogen-bond acceptors (Lipinski definition) is 5. The van der Waals surface area contributed by atoms with Gasteiger partial charge in [-0.05, 0) is 31.0 Å². The summed E-state index contributed by atoms with van der Waals surface area (Å²) in [6.07, 6.45) is 1.27. The molecule has 1 fully saturated rings. The van der Waals surface area contributed by atoms with Crippen LogP contribution in [0.4, 0.5) is 0 Å². The molecule has 0 unspecified atom stereocenters. The topological polar surface area (TPSA) is 45.4 Å². The fourth-order valence-corrected chi connectivity index (χ4v) is 3.09. The van der Waals surface area contributed by atoms with Crippen molar-refractivity contribution in [3.63, 3.8) is 0 Å². The van der Waals surface area contributed by atoms with Gasteiger partial charge in [0.25, 0.3) is 0 Å². The lowest BCUT2D eigenvalue weighted by molar-refractivity contribution is 0.113. The summed E-state index contributed by atoms with van der Waals surface area (Å²) in [6.45, 7) is 10.8. The summed E-state index contributed by atoms with van der Waals surface area (Å²) >= 11 is 6.19. The van der Waals surface area contributed by atoms with Crippen LogP contribution in [-0.4, -0.2) is 52.7 Å². The van der Waals surface area contributed by atoms with Crippen LogP contribution in [0.2, 0.25) is 5.02 Å². The number of aromatic nitrogens is 2. The molecule has 1 aromatic heterocycles. The minimum Gasteiger partial charge on any atom is -0.338 e. The summed E-state index contributed by atoms with van der Waals surface area (Å²) in [4.78, 5) is 9.41. The molecule has 6 heteroatoms. The van der Waals surface area contributed by atoms with E-state index in [9.17, 15) is 0 Å². The van der Waals surface area contributed by atoms with Gasteiger partial charge in [-0.2, -0.15) is 4.98 Å². The molecule has 3 rings (SSSR count). The minimum atomic E-state index is 0.561. The van der Waals surface area contributed by atoms with Crippen molar-refractivity contribution in [2.75, 3.05) is 32.7 Å². The first-order valence-electron chi connectivity index (χ1n) is 8.64. The lowest BCUT2D eigenvalue weighted by Crippen LogP contribution is -2.46. The highest BCUT2D eigenvalue weighted by molar-refractivity contribution is 6.33. The van der Waals surface area contributed by atoms with Crippen molar-refractivity contribution in [2.24, 2.45) is 5.92 Å². The molecule has 1 saturated heterocycles. The number of hydrogen-bond donors (Lipinski definition) is 0. The Balaban J connectivity index is 1.52.